The minimum atomic E-state index is -0.215. The molecule has 5 nitrogen and oxygen atoms in total. The first-order chi connectivity index (χ1) is 9.65. The molecule has 0 radical (unpaired) electrons. The zero-order valence-corrected chi connectivity index (χ0v) is 11.8. The number of nitrogens with one attached hydrogen (secondary N) is 2. The quantitative estimate of drug-likeness (QED) is 0.649. The summed E-state index contributed by atoms with van der Waals surface area (Å²) in [6, 6.07) is 9.69. The van der Waals surface area contributed by atoms with Gasteiger partial charge in [0.2, 0.25) is 0 Å². The van der Waals surface area contributed by atoms with Crippen LogP contribution >= 0.6 is 23.6 Å². The van der Waals surface area contributed by atoms with Gasteiger partial charge in [0.15, 0.2) is 0 Å². The van der Waals surface area contributed by atoms with Crippen molar-refractivity contribution in [2.24, 2.45) is 5.73 Å². The normalized spacial score (nSPS) is 10.6. The molecule has 100 valence electrons. The molecule has 2 aromatic heterocycles. The van der Waals surface area contributed by atoms with Gasteiger partial charge in [-0.3, -0.25) is 9.89 Å². The molecule has 1 amide bonds. The van der Waals surface area contributed by atoms with E-state index in [2.05, 4.69) is 15.5 Å². The van der Waals surface area contributed by atoms with Crippen molar-refractivity contribution in [1.82, 2.24) is 10.2 Å². The molecular weight excluding hydrogens is 292 g/mol. The Morgan fingerprint density at radius 1 is 1.40 bits per heavy atom. The molecule has 0 saturated carbocycles. The highest BCUT2D eigenvalue weighted by molar-refractivity contribution is 7.80. The number of rotatable bonds is 3. The Morgan fingerprint density at radius 3 is 2.95 bits per heavy atom. The van der Waals surface area contributed by atoms with E-state index in [1.165, 1.54) is 17.5 Å². The fourth-order valence-corrected chi connectivity index (χ4v) is 2.95. The van der Waals surface area contributed by atoms with Crippen LogP contribution in [0.2, 0.25) is 0 Å². The van der Waals surface area contributed by atoms with E-state index in [1.807, 2.05) is 30.3 Å². The Hall–Kier alpha value is -2.25. The third kappa shape index (κ3) is 2.28. The molecule has 0 aliphatic heterocycles. The van der Waals surface area contributed by atoms with Gasteiger partial charge in [0.1, 0.15) is 10.8 Å². The van der Waals surface area contributed by atoms with Gasteiger partial charge in [-0.2, -0.15) is 5.10 Å². The Labute approximate surface area is 123 Å². The summed E-state index contributed by atoms with van der Waals surface area (Å²) in [5.74, 6) is 0.202. The highest BCUT2D eigenvalue weighted by Crippen LogP contribution is 2.26. The maximum atomic E-state index is 12.2. The molecular formula is C13H10N4OS2. The number of hydrogen-bond acceptors (Lipinski definition) is 4. The summed E-state index contributed by atoms with van der Waals surface area (Å²) in [5, 5.41) is 10.3. The molecule has 0 spiro atoms. The van der Waals surface area contributed by atoms with E-state index in [4.69, 9.17) is 18.0 Å². The van der Waals surface area contributed by atoms with Crippen molar-refractivity contribution in [3.8, 4) is 0 Å². The number of nitrogens with zero attached hydrogens (tertiary/aromatic N) is 1. The zero-order chi connectivity index (χ0) is 14.1. The lowest BCUT2D eigenvalue weighted by molar-refractivity contribution is 0.103. The smallest absolute Gasteiger partial charge is 0.266 e. The standard InChI is InChI=1S/C13H10N4OS2/c14-11(19)8-6-15-17-12(8)16-13(18)10-5-7-3-1-2-4-9(7)20-10/h1-6H,(H2,14,19)(H2,15,16,17,18). The Balaban J connectivity index is 1.89. The van der Waals surface area contributed by atoms with Crippen molar-refractivity contribution in [3.63, 3.8) is 0 Å². The van der Waals surface area contributed by atoms with Gasteiger partial charge in [-0.05, 0) is 17.5 Å². The number of aromatic nitrogens is 2. The first kappa shape index (κ1) is 12.8. The summed E-state index contributed by atoms with van der Waals surface area (Å²) in [4.78, 5) is 13.0. The molecule has 0 atom stereocenters. The number of fused-ring (bicyclic) bond motifs is 1. The Kier molecular flexibility index (Phi) is 3.21. The van der Waals surface area contributed by atoms with Gasteiger partial charge in [0.25, 0.3) is 5.91 Å². The second-order valence-electron chi connectivity index (χ2n) is 4.13. The predicted molar refractivity (Wildman–Crippen MR) is 84.3 cm³/mol. The van der Waals surface area contributed by atoms with E-state index >= 15 is 0 Å². The molecule has 4 N–H and O–H groups in total. The first-order valence-corrected chi connectivity index (χ1v) is 7.01. The summed E-state index contributed by atoms with van der Waals surface area (Å²) < 4.78 is 1.07. The van der Waals surface area contributed by atoms with Crippen molar-refractivity contribution >= 4 is 50.4 Å². The molecule has 3 rings (SSSR count). The maximum absolute atomic E-state index is 12.2. The van der Waals surface area contributed by atoms with E-state index < -0.39 is 0 Å². The van der Waals surface area contributed by atoms with Crippen molar-refractivity contribution in [2.45, 2.75) is 0 Å². The van der Waals surface area contributed by atoms with Crippen molar-refractivity contribution in [1.29, 1.82) is 0 Å². The van der Waals surface area contributed by atoms with E-state index in [0.717, 1.165) is 10.1 Å². The number of aromatic amines is 1. The van der Waals surface area contributed by atoms with Crippen LogP contribution in [0.15, 0.2) is 36.5 Å². The molecule has 0 bridgehead atoms. The van der Waals surface area contributed by atoms with Gasteiger partial charge < -0.3 is 11.1 Å². The number of hydrogen-bond donors (Lipinski definition) is 3. The number of carbonyl (C=O) groups is 1. The van der Waals surface area contributed by atoms with Crippen LogP contribution in [0.1, 0.15) is 15.2 Å². The highest BCUT2D eigenvalue weighted by atomic mass is 32.1. The number of amides is 1. The lowest BCUT2D eigenvalue weighted by Crippen LogP contribution is -2.16. The predicted octanol–water partition coefficient (Wildman–Crippen LogP) is 2.51. The van der Waals surface area contributed by atoms with Crippen LogP contribution in [0.5, 0.6) is 0 Å². The first-order valence-electron chi connectivity index (χ1n) is 5.78. The number of thiocarbonyl (C=S) groups is 1. The van der Waals surface area contributed by atoms with Gasteiger partial charge in [-0.15, -0.1) is 11.3 Å². The van der Waals surface area contributed by atoms with Gasteiger partial charge in [-0.25, -0.2) is 0 Å². The number of thiophene rings is 1. The summed E-state index contributed by atoms with van der Waals surface area (Å²) >= 11 is 6.33. The summed E-state index contributed by atoms with van der Waals surface area (Å²) in [7, 11) is 0. The number of nitrogens with two attached hydrogens (primary N) is 1. The van der Waals surface area contributed by atoms with Gasteiger partial charge in [0, 0.05) is 4.70 Å². The SMILES string of the molecule is NC(=S)c1cn[nH]c1NC(=O)c1cc2ccccc2s1. The third-order valence-electron chi connectivity index (χ3n) is 2.79. The lowest BCUT2D eigenvalue weighted by Gasteiger charge is -2.02. The average Bonchev–Trinajstić information content (AvgIpc) is 3.03. The van der Waals surface area contributed by atoms with Gasteiger partial charge in [-0.1, -0.05) is 30.4 Å². The number of anilines is 1. The molecule has 0 saturated heterocycles. The largest absolute Gasteiger partial charge is 0.389 e. The highest BCUT2D eigenvalue weighted by Gasteiger charge is 2.14. The molecule has 3 aromatic rings. The molecule has 2 heterocycles. The van der Waals surface area contributed by atoms with Crippen LogP contribution in [-0.4, -0.2) is 21.1 Å². The minimum Gasteiger partial charge on any atom is -0.389 e. The zero-order valence-electron chi connectivity index (χ0n) is 10.2. The van der Waals surface area contributed by atoms with Crippen LogP contribution < -0.4 is 11.1 Å². The molecule has 0 aliphatic rings. The van der Waals surface area contributed by atoms with Crippen LogP contribution in [0, 0.1) is 0 Å². The second-order valence-corrected chi connectivity index (χ2v) is 5.65. The summed E-state index contributed by atoms with van der Waals surface area (Å²) in [6.45, 7) is 0. The van der Waals surface area contributed by atoms with E-state index in [9.17, 15) is 4.79 Å². The number of benzene rings is 1. The average molecular weight is 302 g/mol. The second kappa shape index (κ2) is 5.03. The van der Waals surface area contributed by atoms with E-state index in [1.54, 1.807) is 0 Å². The minimum absolute atomic E-state index is 0.186. The molecule has 0 fully saturated rings. The fraction of sp³-hybridized carbons (Fsp3) is 0. The molecule has 1 aromatic carbocycles. The molecule has 0 aliphatic carbocycles. The van der Waals surface area contributed by atoms with Crippen LogP contribution in [-0.2, 0) is 0 Å². The summed E-state index contributed by atoms with van der Waals surface area (Å²) in [6.07, 6.45) is 1.49. The lowest BCUT2D eigenvalue weighted by atomic mass is 10.2. The third-order valence-corrected chi connectivity index (χ3v) is 4.13. The number of carbonyl (C=O) groups excluding carboxylic acids is 1. The monoisotopic (exact) mass is 302 g/mol. The van der Waals surface area contributed by atoms with E-state index in [0.29, 0.717) is 16.3 Å². The molecule has 20 heavy (non-hydrogen) atoms. The summed E-state index contributed by atoms with van der Waals surface area (Å²) in [5.41, 5.74) is 6.08. The topological polar surface area (TPSA) is 83.8 Å². The fourth-order valence-electron chi connectivity index (χ4n) is 1.84. The van der Waals surface area contributed by atoms with Crippen LogP contribution in [0.3, 0.4) is 0 Å². The van der Waals surface area contributed by atoms with Gasteiger partial charge in [0.05, 0.1) is 16.6 Å². The van der Waals surface area contributed by atoms with Crippen molar-refractivity contribution in [3.05, 3.63) is 47.0 Å². The molecule has 0 unspecified atom stereocenters. The van der Waals surface area contributed by atoms with Crippen LogP contribution in [0.25, 0.3) is 10.1 Å². The Bertz CT molecular complexity index is 772. The van der Waals surface area contributed by atoms with Crippen LogP contribution in [0.4, 0.5) is 5.82 Å². The van der Waals surface area contributed by atoms with Gasteiger partial charge >= 0.3 is 0 Å². The van der Waals surface area contributed by atoms with E-state index in [-0.39, 0.29) is 10.9 Å². The Morgan fingerprint density at radius 2 is 2.20 bits per heavy atom. The van der Waals surface area contributed by atoms with Crippen molar-refractivity contribution < 1.29 is 4.79 Å². The maximum Gasteiger partial charge on any atom is 0.266 e. The van der Waals surface area contributed by atoms with Crippen molar-refractivity contribution in [2.75, 3.05) is 5.32 Å². The molecule has 7 heteroatoms. The number of H-pyrrole nitrogens is 1.